The summed E-state index contributed by atoms with van der Waals surface area (Å²) in [5.74, 6) is 0.857. The number of ketones is 1. The summed E-state index contributed by atoms with van der Waals surface area (Å²) in [6, 6.07) is 13.5. The fraction of sp³-hybridized carbons (Fsp3) is 0.316. The number of nitrogens with one attached hydrogen (secondary N) is 1. The van der Waals surface area contributed by atoms with Gasteiger partial charge in [0.1, 0.15) is 5.75 Å². The third-order valence-corrected chi connectivity index (χ3v) is 4.31. The molecular formula is C19H23ClN2O2. The largest absolute Gasteiger partial charge is 0.497 e. The summed E-state index contributed by atoms with van der Waals surface area (Å²) in [5, 5.41) is 3.96. The van der Waals surface area contributed by atoms with Gasteiger partial charge in [-0.2, -0.15) is 0 Å². The molecule has 0 bridgehead atoms. The molecule has 2 rings (SSSR count). The highest BCUT2D eigenvalue weighted by Crippen LogP contribution is 2.26. The summed E-state index contributed by atoms with van der Waals surface area (Å²) in [4.78, 5) is 13.7. The van der Waals surface area contributed by atoms with Gasteiger partial charge in [0.05, 0.1) is 23.9 Å². The lowest BCUT2D eigenvalue weighted by Crippen LogP contribution is -2.27. The van der Waals surface area contributed by atoms with Crippen molar-refractivity contribution < 1.29 is 9.53 Å². The smallest absolute Gasteiger partial charge is 0.159 e. The van der Waals surface area contributed by atoms with Crippen LogP contribution in [0.3, 0.4) is 0 Å². The topological polar surface area (TPSA) is 41.6 Å². The molecule has 128 valence electrons. The van der Waals surface area contributed by atoms with Crippen molar-refractivity contribution in [2.75, 3.05) is 33.1 Å². The summed E-state index contributed by atoms with van der Waals surface area (Å²) < 4.78 is 5.21. The normalized spacial score (nSPS) is 12.1. The number of hydrogen-bond acceptors (Lipinski definition) is 4. The maximum atomic E-state index is 11.5. The molecule has 0 aliphatic heterocycles. The number of Topliss-reactive ketones (excluding diaryl/α,β-unsaturated/α-hetero) is 1. The van der Waals surface area contributed by atoms with E-state index in [1.807, 2.05) is 26.2 Å². The number of carbonyl (C=O) groups excluding carboxylic acids is 1. The van der Waals surface area contributed by atoms with Gasteiger partial charge in [-0.05, 0) is 56.9 Å². The minimum atomic E-state index is 0.0223. The van der Waals surface area contributed by atoms with Crippen LogP contribution >= 0.6 is 11.6 Å². The summed E-state index contributed by atoms with van der Waals surface area (Å²) in [6.07, 6.45) is 0. The van der Waals surface area contributed by atoms with Crippen LogP contribution in [0.15, 0.2) is 42.5 Å². The minimum absolute atomic E-state index is 0.0223. The predicted octanol–water partition coefficient (Wildman–Crippen LogP) is 4.27. The molecule has 1 atom stereocenters. The molecule has 1 N–H and O–H groups in total. The zero-order valence-electron chi connectivity index (χ0n) is 14.5. The fourth-order valence-electron chi connectivity index (χ4n) is 2.51. The maximum absolute atomic E-state index is 11.5. The van der Waals surface area contributed by atoms with Crippen molar-refractivity contribution in [1.29, 1.82) is 0 Å². The first-order valence-corrected chi connectivity index (χ1v) is 8.15. The Morgan fingerprint density at radius 2 is 1.88 bits per heavy atom. The van der Waals surface area contributed by atoms with E-state index in [-0.39, 0.29) is 11.8 Å². The van der Waals surface area contributed by atoms with Crippen LogP contribution in [-0.2, 0) is 0 Å². The van der Waals surface area contributed by atoms with Gasteiger partial charge in [-0.25, -0.2) is 0 Å². The molecule has 24 heavy (non-hydrogen) atoms. The Hall–Kier alpha value is -2.04. The highest BCUT2D eigenvalue weighted by atomic mass is 35.5. The molecular weight excluding hydrogens is 324 g/mol. The van der Waals surface area contributed by atoms with Crippen LogP contribution < -0.4 is 10.1 Å². The molecule has 1 unspecified atom stereocenters. The third kappa shape index (κ3) is 4.49. The van der Waals surface area contributed by atoms with E-state index < -0.39 is 0 Å². The number of halogens is 1. The second-order valence-corrected chi connectivity index (χ2v) is 6.29. The lowest BCUT2D eigenvalue weighted by Gasteiger charge is -2.26. The van der Waals surface area contributed by atoms with Crippen molar-refractivity contribution in [2.45, 2.75) is 13.0 Å². The van der Waals surface area contributed by atoms with Crippen LogP contribution in [0.2, 0.25) is 5.02 Å². The monoisotopic (exact) mass is 346 g/mol. The number of nitrogens with zero attached hydrogens (tertiary/aromatic N) is 1. The molecule has 0 aliphatic carbocycles. The van der Waals surface area contributed by atoms with Gasteiger partial charge in [0.25, 0.3) is 0 Å². The summed E-state index contributed by atoms with van der Waals surface area (Å²) >= 11 is 6.25. The quantitative estimate of drug-likeness (QED) is 0.760. The van der Waals surface area contributed by atoms with Crippen LogP contribution in [0.4, 0.5) is 5.69 Å². The number of rotatable bonds is 7. The number of hydrogen-bond donors (Lipinski definition) is 1. The molecule has 0 aliphatic rings. The standard InChI is InChI=1S/C19H23ClN2O2/c1-13(23)15-7-10-17(20)18(11-15)21-12-19(22(2)3)14-5-8-16(24-4)9-6-14/h5-11,19,21H,12H2,1-4H3. The van der Waals surface area contributed by atoms with Crippen LogP contribution in [-0.4, -0.2) is 38.4 Å². The second kappa shape index (κ2) is 8.18. The Morgan fingerprint density at radius 3 is 2.42 bits per heavy atom. The van der Waals surface area contributed by atoms with Gasteiger partial charge in [0.2, 0.25) is 0 Å². The van der Waals surface area contributed by atoms with Crippen molar-refractivity contribution in [3.05, 3.63) is 58.6 Å². The third-order valence-electron chi connectivity index (χ3n) is 3.98. The zero-order valence-corrected chi connectivity index (χ0v) is 15.2. The highest BCUT2D eigenvalue weighted by molar-refractivity contribution is 6.33. The van der Waals surface area contributed by atoms with Crippen molar-refractivity contribution in [3.63, 3.8) is 0 Å². The van der Waals surface area contributed by atoms with Gasteiger partial charge in [-0.1, -0.05) is 23.7 Å². The number of anilines is 1. The molecule has 5 heteroatoms. The molecule has 0 fully saturated rings. The Balaban J connectivity index is 2.17. The lowest BCUT2D eigenvalue weighted by atomic mass is 10.1. The van der Waals surface area contributed by atoms with E-state index in [9.17, 15) is 4.79 Å². The summed E-state index contributed by atoms with van der Waals surface area (Å²) in [7, 11) is 5.72. The van der Waals surface area contributed by atoms with Crippen molar-refractivity contribution >= 4 is 23.1 Å². The number of benzene rings is 2. The molecule has 0 saturated heterocycles. The number of ether oxygens (including phenoxy) is 1. The van der Waals surface area contributed by atoms with Crippen LogP contribution in [0.1, 0.15) is 28.9 Å². The predicted molar refractivity (Wildman–Crippen MR) is 99.4 cm³/mol. The average molecular weight is 347 g/mol. The van der Waals surface area contributed by atoms with Gasteiger partial charge in [0.15, 0.2) is 5.78 Å². The van der Waals surface area contributed by atoms with Crippen LogP contribution in [0.25, 0.3) is 0 Å². The Morgan fingerprint density at radius 1 is 1.21 bits per heavy atom. The van der Waals surface area contributed by atoms with E-state index in [0.717, 1.165) is 11.4 Å². The fourth-order valence-corrected chi connectivity index (χ4v) is 2.70. The van der Waals surface area contributed by atoms with E-state index in [1.165, 1.54) is 5.56 Å². The van der Waals surface area contributed by atoms with Crippen LogP contribution in [0.5, 0.6) is 5.75 Å². The molecule has 2 aromatic rings. The van der Waals surface area contributed by atoms with Crippen molar-refractivity contribution in [2.24, 2.45) is 0 Å². The summed E-state index contributed by atoms with van der Waals surface area (Å²) in [5.41, 5.74) is 2.59. The SMILES string of the molecule is COc1ccc(C(CNc2cc(C(C)=O)ccc2Cl)N(C)C)cc1. The van der Waals surface area contributed by atoms with Crippen LogP contribution in [0, 0.1) is 0 Å². The molecule has 0 spiro atoms. The van der Waals surface area contributed by atoms with Crippen molar-refractivity contribution in [1.82, 2.24) is 4.90 Å². The molecule has 0 radical (unpaired) electrons. The Labute approximate surface area is 148 Å². The van der Waals surface area contributed by atoms with E-state index in [0.29, 0.717) is 17.1 Å². The van der Waals surface area contributed by atoms with E-state index >= 15 is 0 Å². The van der Waals surface area contributed by atoms with Gasteiger partial charge < -0.3 is 15.0 Å². The van der Waals surface area contributed by atoms with Crippen molar-refractivity contribution in [3.8, 4) is 5.75 Å². The van der Waals surface area contributed by atoms with E-state index in [4.69, 9.17) is 16.3 Å². The van der Waals surface area contributed by atoms with E-state index in [1.54, 1.807) is 32.2 Å². The Kier molecular flexibility index (Phi) is 6.23. The zero-order chi connectivity index (χ0) is 17.7. The molecule has 0 heterocycles. The lowest BCUT2D eigenvalue weighted by molar-refractivity contribution is 0.101. The first kappa shape index (κ1) is 18.3. The summed E-state index contributed by atoms with van der Waals surface area (Å²) in [6.45, 7) is 2.22. The molecule has 0 aromatic heterocycles. The highest BCUT2D eigenvalue weighted by Gasteiger charge is 2.15. The number of likely N-dealkylation sites (N-methyl/N-ethyl adjacent to an activating group) is 1. The number of methoxy groups -OCH3 is 1. The molecule has 0 amide bonds. The second-order valence-electron chi connectivity index (χ2n) is 5.88. The molecule has 4 nitrogen and oxygen atoms in total. The molecule has 2 aromatic carbocycles. The van der Waals surface area contributed by atoms with E-state index in [2.05, 4.69) is 22.3 Å². The maximum Gasteiger partial charge on any atom is 0.159 e. The first-order valence-electron chi connectivity index (χ1n) is 7.77. The first-order chi connectivity index (χ1) is 11.4. The molecule has 0 saturated carbocycles. The van der Waals surface area contributed by atoms with Gasteiger partial charge >= 0.3 is 0 Å². The van der Waals surface area contributed by atoms with Gasteiger partial charge in [-0.15, -0.1) is 0 Å². The average Bonchev–Trinajstić information content (AvgIpc) is 2.56. The number of carbonyl (C=O) groups is 1. The van der Waals surface area contributed by atoms with Gasteiger partial charge in [-0.3, -0.25) is 4.79 Å². The minimum Gasteiger partial charge on any atom is -0.497 e. The Bertz CT molecular complexity index is 699. The van der Waals surface area contributed by atoms with Gasteiger partial charge in [0, 0.05) is 12.1 Å².